The average molecular weight is 513 g/mol. The molecule has 0 atom stereocenters. The van der Waals surface area contributed by atoms with E-state index in [-0.39, 0.29) is 30.6 Å². The number of nitrogens with zero attached hydrogens (tertiary/aromatic N) is 4. The maximum absolute atomic E-state index is 12.0. The number of para-hydroxylation sites is 1. The van der Waals surface area contributed by atoms with Gasteiger partial charge in [0.15, 0.2) is 0 Å². The Balaban J connectivity index is 0.000000431. The van der Waals surface area contributed by atoms with Crippen LogP contribution in [0.3, 0.4) is 0 Å². The van der Waals surface area contributed by atoms with Gasteiger partial charge in [0.1, 0.15) is 12.0 Å². The van der Waals surface area contributed by atoms with E-state index in [2.05, 4.69) is 25.8 Å². The van der Waals surface area contributed by atoms with E-state index in [0.29, 0.717) is 29.3 Å². The van der Waals surface area contributed by atoms with Gasteiger partial charge in [0.25, 0.3) is 0 Å². The Morgan fingerprint density at radius 1 is 1.14 bits per heavy atom. The van der Waals surface area contributed by atoms with Gasteiger partial charge in [-0.15, -0.1) is 10.2 Å². The summed E-state index contributed by atoms with van der Waals surface area (Å²) in [5.41, 5.74) is 2.86. The van der Waals surface area contributed by atoms with Gasteiger partial charge in [-0.2, -0.15) is 0 Å². The number of aliphatic hydroxyl groups is 1. The van der Waals surface area contributed by atoms with Gasteiger partial charge in [-0.05, 0) is 30.3 Å². The molecular weight excluding hydrogens is 484 g/mol. The van der Waals surface area contributed by atoms with Crippen LogP contribution in [0, 0.1) is 0 Å². The Hall–Kier alpha value is -4.03. The summed E-state index contributed by atoms with van der Waals surface area (Å²) in [6.45, 7) is 0. The van der Waals surface area contributed by atoms with E-state index in [4.69, 9.17) is 5.11 Å². The lowest BCUT2D eigenvalue weighted by molar-refractivity contribution is -0.124. The predicted octanol–water partition coefficient (Wildman–Crippen LogP) is 3.73. The van der Waals surface area contributed by atoms with Crippen LogP contribution in [-0.2, 0) is 19.2 Å². The number of imide groups is 1. The van der Waals surface area contributed by atoms with Crippen molar-refractivity contribution in [3.05, 3.63) is 42.5 Å². The third kappa shape index (κ3) is 8.64. The number of carbonyl (C=O) groups is 4. The third-order valence-electron chi connectivity index (χ3n) is 4.64. The number of aliphatic hydroxyl groups excluding tert-OH is 1. The van der Waals surface area contributed by atoms with Crippen molar-refractivity contribution in [2.45, 2.75) is 25.7 Å². The fraction of sp³-hybridized carbons (Fsp3) is 0.292. The van der Waals surface area contributed by atoms with Crippen molar-refractivity contribution in [1.29, 1.82) is 0 Å². The summed E-state index contributed by atoms with van der Waals surface area (Å²) in [5, 5.41) is 21.0. The molecule has 3 aromatic rings. The van der Waals surface area contributed by atoms with Crippen LogP contribution in [0.25, 0.3) is 10.2 Å². The van der Waals surface area contributed by atoms with Gasteiger partial charge in [0, 0.05) is 52.6 Å². The number of nitrogens with one attached hydrogen (secondary N) is 2. The lowest BCUT2D eigenvalue weighted by Gasteiger charge is -2.15. The number of hydrogen-bond acceptors (Lipinski definition) is 10. The summed E-state index contributed by atoms with van der Waals surface area (Å²) >= 11 is 1.45. The van der Waals surface area contributed by atoms with Crippen LogP contribution in [0.2, 0.25) is 0 Å². The normalized spacial score (nSPS) is 12.3. The van der Waals surface area contributed by atoms with Gasteiger partial charge in [0.05, 0.1) is 15.9 Å². The van der Waals surface area contributed by atoms with Crippen molar-refractivity contribution in [3.8, 4) is 0 Å². The molecule has 0 aliphatic carbocycles. The molecule has 3 N–H and O–H groups in total. The second kappa shape index (κ2) is 14.4. The molecule has 1 aliphatic rings. The van der Waals surface area contributed by atoms with Gasteiger partial charge < -0.3 is 20.1 Å². The number of aromatic nitrogens is 1. The number of hydrogen-bond donors (Lipinski definition) is 3. The van der Waals surface area contributed by atoms with Gasteiger partial charge in [-0.3, -0.25) is 19.7 Å². The fourth-order valence-corrected chi connectivity index (χ4v) is 3.69. The molecule has 0 radical (unpaired) electrons. The van der Waals surface area contributed by atoms with Crippen molar-refractivity contribution in [2.24, 2.45) is 10.2 Å². The van der Waals surface area contributed by atoms with Gasteiger partial charge in [-0.1, -0.05) is 23.5 Å². The smallest absolute Gasteiger partial charge is 0.231 e. The van der Waals surface area contributed by atoms with Crippen LogP contribution in [0.1, 0.15) is 25.7 Å². The summed E-state index contributed by atoms with van der Waals surface area (Å²) in [6, 6.07) is 13.3. The molecule has 0 unspecified atom stereocenters. The number of amides is 3. The monoisotopic (exact) mass is 512 g/mol. The van der Waals surface area contributed by atoms with Crippen LogP contribution in [0.5, 0.6) is 0 Å². The third-order valence-corrected chi connectivity index (χ3v) is 5.56. The SMILES string of the molecule is CN(C)c1ccc(N=Nc2nc3ccccc3s2)c(NC(=O)CCC=O)c1.CO.O=C1CCC(=O)N1. The van der Waals surface area contributed by atoms with Crippen LogP contribution >= 0.6 is 11.3 Å². The van der Waals surface area contributed by atoms with E-state index in [1.54, 1.807) is 6.07 Å². The van der Waals surface area contributed by atoms with Crippen LogP contribution in [0.4, 0.5) is 22.2 Å². The van der Waals surface area contributed by atoms with Crippen LogP contribution < -0.4 is 15.5 Å². The van der Waals surface area contributed by atoms with E-state index >= 15 is 0 Å². The quantitative estimate of drug-likeness (QED) is 0.248. The zero-order valence-corrected chi connectivity index (χ0v) is 21.0. The number of aldehydes is 1. The number of rotatable bonds is 7. The Kier molecular flexibility index (Phi) is 11.3. The van der Waals surface area contributed by atoms with Crippen molar-refractivity contribution in [3.63, 3.8) is 0 Å². The van der Waals surface area contributed by atoms with E-state index in [1.807, 2.05) is 55.4 Å². The highest BCUT2D eigenvalue weighted by Gasteiger charge is 2.15. The first-order valence-corrected chi connectivity index (χ1v) is 11.8. The zero-order valence-electron chi connectivity index (χ0n) is 20.2. The number of anilines is 2. The summed E-state index contributed by atoms with van der Waals surface area (Å²) in [7, 11) is 4.82. The van der Waals surface area contributed by atoms with E-state index < -0.39 is 0 Å². The Morgan fingerprint density at radius 2 is 1.83 bits per heavy atom. The molecule has 2 aromatic carbocycles. The van der Waals surface area contributed by atoms with E-state index in [9.17, 15) is 19.2 Å². The number of thiazole rings is 1. The molecule has 1 aliphatic heterocycles. The van der Waals surface area contributed by atoms with Crippen molar-refractivity contribution >= 4 is 67.8 Å². The van der Waals surface area contributed by atoms with Crippen molar-refractivity contribution < 1.29 is 24.3 Å². The first-order valence-electron chi connectivity index (χ1n) is 11.0. The molecule has 4 rings (SSSR count). The van der Waals surface area contributed by atoms with Gasteiger partial charge >= 0.3 is 0 Å². The molecule has 0 saturated carbocycles. The zero-order chi connectivity index (χ0) is 26.5. The van der Waals surface area contributed by atoms with Gasteiger partial charge in [-0.25, -0.2) is 4.98 Å². The molecule has 190 valence electrons. The first kappa shape index (κ1) is 28.2. The summed E-state index contributed by atoms with van der Waals surface area (Å²) in [6.07, 6.45) is 1.78. The molecule has 2 heterocycles. The van der Waals surface area contributed by atoms with Crippen LogP contribution in [-0.4, -0.2) is 55.3 Å². The van der Waals surface area contributed by atoms with E-state index in [1.165, 1.54) is 11.3 Å². The maximum Gasteiger partial charge on any atom is 0.231 e. The highest BCUT2D eigenvalue weighted by Crippen LogP contribution is 2.33. The molecule has 1 aromatic heterocycles. The standard InChI is InChI=1S/C19H19N5O2S.C4H5NO2.CH4O/c1-24(2)13-9-10-14(16(12-13)20-18(26)8-5-11-25)22-23-19-21-15-6-3-4-7-17(15)27-19;6-3-1-2-4(7)5-3;1-2/h3-4,6-7,9-12H,5,8H2,1-2H3,(H,20,26);1-2H2,(H,5,6,7);2H,1H3. The Labute approximate surface area is 212 Å². The molecule has 1 fully saturated rings. The van der Waals surface area contributed by atoms with Crippen LogP contribution in [0.15, 0.2) is 52.7 Å². The van der Waals surface area contributed by atoms with Crippen molar-refractivity contribution in [1.82, 2.24) is 10.3 Å². The average Bonchev–Trinajstić information content (AvgIpc) is 3.47. The summed E-state index contributed by atoms with van der Waals surface area (Å²) < 4.78 is 1.04. The first-order chi connectivity index (χ1) is 17.4. The largest absolute Gasteiger partial charge is 0.400 e. The predicted molar refractivity (Wildman–Crippen MR) is 139 cm³/mol. The minimum atomic E-state index is -0.241. The lowest BCUT2D eigenvalue weighted by Crippen LogP contribution is -2.18. The highest BCUT2D eigenvalue weighted by molar-refractivity contribution is 7.21. The molecule has 1 saturated heterocycles. The number of fused-ring (bicyclic) bond motifs is 1. The van der Waals surface area contributed by atoms with Gasteiger partial charge in [0.2, 0.25) is 22.9 Å². The number of benzene rings is 2. The molecule has 12 heteroatoms. The number of carbonyl (C=O) groups excluding carboxylic acids is 4. The van der Waals surface area contributed by atoms with Crippen molar-refractivity contribution in [2.75, 3.05) is 31.4 Å². The highest BCUT2D eigenvalue weighted by atomic mass is 32.1. The topological polar surface area (TPSA) is 153 Å². The maximum atomic E-state index is 12.0. The Bertz CT molecular complexity index is 1190. The number of azo groups is 1. The minimum Gasteiger partial charge on any atom is -0.400 e. The fourth-order valence-electron chi connectivity index (χ4n) is 2.90. The molecular formula is C24H28N6O5S. The minimum absolute atomic E-state index is 0.129. The molecule has 36 heavy (non-hydrogen) atoms. The summed E-state index contributed by atoms with van der Waals surface area (Å²) in [5.74, 6) is -0.538. The second-order valence-electron chi connectivity index (χ2n) is 7.48. The molecule has 0 spiro atoms. The molecule has 3 amide bonds. The van der Waals surface area contributed by atoms with E-state index in [0.717, 1.165) is 29.3 Å². The molecule has 0 bridgehead atoms. The second-order valence-corrected chi connectivity index (χ2v) is 8.49. The Morgan fingerprint density at radius 3 is 2.42 bits per heavy atom. The molecule has 11 nitrogen and oxygen atoms in total. The summed E-state index contributed by atoms with van der Waals surface area (Å²) in [4.78, 5) is 49.1. The lowest BCUT2D eigenvalue weighted by atomic mass is 10.2.